The molecule has 0 saturated carbocycles. The van der Waals surface area contributed by atoms with Crippen LogP contribution in [0.5, 0.6) is 0 Å². The molecule has 19 heavy (non-hydrogen) atoms. The summed E-state index contributed by atoms with van der Waals surface area (Å²) in [6.45, 7) is 2.15. The molecule has 5 nitrogen and oxygen atoms in total. The van der Waals surface area contributed by atoms with Crippen LogP contribution in [0.3, 0.4) is 0 Å². The number of piperidine rings is 1. The predicted molar refractivity (Wildman–Crippen MR) is 80.1 cm³/mol. The Hall–Kier alpha value is -1.04. The minimum Gasteiger partial charge on any atom is -0.325 e. The van der Waals surface area contributed by atoms with Crippen molar-refractivity contribution in [3.8, 4) is 11.5 Å². The van der Waals surface area contributed by atoms with Gasteiger partial charge >= 0.3 is 0 Å². The van der Waals surface area contributed by atoms with E-state index >= 15 is 0 Å². The lowest BCUT2D eigenvalue weighted by atomic mass is 10.1. The summed E-state index contributed by atoms with van der Waals surface area (Å²) in [7, 11) is 1.93. The summed E-state index contributed by atoms with van der Waals surface area (Å²) >= 11 is 0. The topological polar surface area (TPSA) is 47.7 Å². The average molecular weight is 304 g/mol. The van der Waals surface area contributed by atoms with Crippen molar-refractivity contribution in [1.82, 2.24) is 24.6 Å². The van der Waals surface area contributed by atoms with E-state index in [9.17, 15) is 0 Å². The molecule has 0 amide bonds. The smallest absolute Gasteiger partial charge is 0.160 e. The quantitative estimate of drug-likeness (QED) is 0.924. The first-order chi connectivity index (χ1) is 8.34. The summed E-state index contributed by atoms with van der Waals surface area (Å²) in [4.78, 5) is 4.43. The Morgan fingerprint density at radius 1 is 1.32 bits per heavy atom. The summed E-state index contributed by atoms with van der Waals surface area (Å²) < 4.78 is 4.06. The zero-order valence-electron chi connectivity index (χ0n) is 10.8. The van der Waals surface area contributed by atoms with Crippen LogP contribution in [-0.2, 0) is 7.05 Å². The highest BCUT2D eigenvalue weighted by Gasteiger charge is 2.19. The number of nitrogens with one attached hydrogen (secondary N) is 1. The first-order valence-electron chi connectivity index (χ1n) is 6.08. The van der Waals surface area contributed by atoms with Crippen LogP contribution in [-0.4, -0.2) is 32.4 Å². The number of aromatic nitrogens is 4. The van der Waals surface area contributed by atoms with E-state index in [0.717, 1.165) is 24.6 Å². The number of aryl methyl sites for hydroxylation is 1. The normalized spacial score (nSPS) is 18.5. The van der Waals surface area contributed by atoms with Gasteiger partial charge in [-0.15, -0.1) is 24.8 Å². The molecule has 0 aromatic carbocycles. The average Bonchev–Trinajstić information content (AvgIpc) is 2.98. The molecule has 3 heterocycles. The second-order valence-electron chi connectivity index (χ2n) is 4.53. The predicted octanol–water partition coefficient (Wildman–Crippen LogP) is 2.05. The van der Waals surface area contributed by atoms with Crippen LogP contribution >= 0.6 is 24.8 Å². The maximum Gasteiger partial charge on any atom is 0.160 e. The van der Waals surface area contributed by atoms with Crippen LogP contribution in [0.4, 0.5) is 0 Å². The van der Waals surface area contributed by atoms with Gasteiger partial charge in [-0.05, 0) is 25.5 Å². The van der Waals surface area contributed by atoms with Gasteiger partial charge in [0.1, 0.15) is 5.69 Å². The van der Waals surface area contributed by atoms with E-state index in [4.69, 9.17) is 0 Å². The van der Waals surface area contributed by atoms with E-state index in [2.05, 4.69) is 26.2 Å². The molecule has 106 valence electrons. The van der Waals surface area contributed by atoms with E-state index in [1.54, 1.807) is 0 Å². The zero-order chi connectivity index (χ0) is 11.7. The fourth-order valence-corrected chi connectivity index (χ4v) is 2.41. The van der Waals surface area contributed by atoms with Crippen LogP contribution in [0, 0.1) is 0 Å². The van der Waals surface area contributed by atoms with Crippen LogP contribution in [0.1, 0.15) is 18.9 Å². The first-order valence-corrected chi connectivity index (χ1v) is 6.08. The van der Waals surface area contributed by atoms with Crippen LogP contribution in [0.25, 0.3) is 11.5 Å². The number of imidazole rings is 1. The third-order valence-corrected chi connectivity index (χ3v) is 3.28. The molecular weight excluding hydrogens is 285 g/mol. The number of hydrogen-bond donors (Lipinski definition) is 1. The lowest BCUT2D eigenvalue weighted by Gasteiger charge is -2.25. The molecule has 0 bridgehead atoms. The van der Waals surface area contributed by atoms with Crippen molar-refractivity contribution >= 4 is 24.8 Å². The second-order valence-corrected chi connectivity index (χ2v) is 4.53. The largest absolute Gasteiger partial charge is 0.325 e. The van der Waals surface area contributed by atoms with Gasteiger partial charge in [-0.1, -0.05) is 0 Å². The maximum atomic E-state index is 4.43. The van der Waals surface area contributed by atoms with Crippen molar-refractivity contribution < 1.29 is 0 Å². The Morgan fingerprint density at radius 2 is 2.16 bits per heavy atom. The summed E-state index contributed by atoms with van der Waals surface area (Å²) in [5.74, 6) is 0.972. The number of rotatable bonds is 2. The van der Waals surface area contributed by atoms with E-state index in [-0.39, 0.29) is 24.8 Å². The minimum atomic E-state index is 0. The van der Waals surface area contributed by atoms with Gasteiger partial charge in [-0.25, -0.2) is 4.98 Å². The molecule has 1 saturated heterocycles. The Labute approximate surface area is 125 Å². The number of hydrogen-bond acceptors (Lipinski definition) is 3. The Balaban J connectivity index is 0.000000902. The third-order valence-electron chi connectivity index (χ3n) is 3.28. The van der Waals surface area contributed by atoms with Gasteiger partial charge in [-0.3, -0.25) is 4.68 Å². The van der Waals surface area contributed by atoms with Gasteiger partial charge < -0.3 is 9.88 Å². The Kier molecular flexibility index (Phi) is 5.85. The van der Waals surface area contributed by atoms with Crippen molar-refractivity contribution in [1.29, 1.82) is 0 Å². The molecule has 0 aliphatic carbocycles. The van der Waals surface area contributed by atoms with Gasteiger partial charge in [0.05, 0.1) is 0 Å². The van der Waals surface area contributed by atoms with Crippen molar-refractivity contribution in [3.05, 3.63) is 24.7 Å². The van der Waals surface area contributed by atoms with Gasteiger partial charge in [-0.2, -0.15) is 5.10 Å². The molecule has 2 aromatic rings. The minimum absolute atomic E-state index is 0. The molecule has 1 aliphatic heterocycles. The van der Waals surface area contributed by atoms with Gasteiger partial charge in [0.25, 0.3) is 0 Å². The van der Waals surface area contributed by atoms with Gasteiger partial charge in [0, 0.05) is 38.2 Å². The monoisotopic (exact) mass is 303 g/mol. The molecule has 1 fully saturated rings. The van der Waals surface area contributed by atoms with E-state index in [0.29, 0.717) is 6.04 Å². The lowest BCUT2D eigenvalue weighted by molar-refractivity contribution is 0.373. The van der Waals surface area contributed by atoms with Gasteiger partial charge in [0.2, 0.25) is 0 Å². The number of halogens is 2. The molecule has 1 N–H and O–H groups in total. The summed E-state index contributed by atoms with van der Waals surface area (Å²) in [5.41, 5.74) is 0.947. The standard InChI is InChI=1S/C12H17N5.2ClH/c1-16-7-4-11(15-16)12-14-6-8-17(12)10-3-2-5-13-9-10;;/h4,6-8,10,13H,2-3,5,9H2,1H3;2*1H/t10-;;/m1../s1. The molecule has 7 heteroatoms. The SMILES string of the molecule is Cl.Cl.Cn1ccc(-c2nccn2[C@@H]2CCCNC2)n1. The highest BCUT2D eigenvalue weighted by Crippen LogP contribution is 2.23. The molecule has 1 aliphatic rings. The van der Waals surface area contributed by atoms with Crippen molar-refractivity contribution in [2.75, 3.05) is 13.1 Å². The van der Waals surface area contributed by atoms with Crippen molar-refractivity contribution in [2.24, 2.45) is 7.05 Å². The lowest BCUT2D eigenvalue weighted by Crippen LogP contribution is -2.31. The van der Waals surface area contributed by atoms with E-state index in [1.165, 1.54) is 12.8 Å². The van der Waals surface area contributed by atoms with Gasteiger partial charge in [0.15, 0.2) is 5.82 Å². The van der Waals surface area contributed by atoms with Crippen molar-refractivity contribution in [3.63, 3.8) is 0 Å². The molecule has 1 atom stereocenters. The zero-order valence-corrected chi connectivity index (χ0v) is 12.5. The molecule has 0 radical (unpaired) electrons. The maximum absolute atomic E-state index is 4.43. The molecule has 0 unspecified atom stereocenters. The first kappa shape index (κ1) is 16.0. The molecule has 0 spiro atoms. The third kappa shape index (κ3) is 3.29. The molecule has 3 rings (SSSR count). The van der Waals surface area contributed by atoms with Crippen molar-refractivity contribution in [2.45, 2.75) is 18.9 Å². The molecular formula is C12H19Cl2N5. The Morgan fingerprint density at radius 3 is 2.79 bits per heavy atom. The van der Waals surface area contributed by atoms with E-state index < -0.39 is 0 Å². The highest BCUT2D eigenvalue weighted by atomic mass is 35.5. The van der Waals surface area contributed by atoms with Crippen LogP contribution in [0.15, 0.2) is 24.7 Å². The summed E-state index contributed by atoms with van der Waals surface area (Å²) in [6.07, 6.45) is 8.31. The highest BCUT2D eigenvalue weighted by molar-refractivity contribution is 5.85. The number of nitrogens with zero attached hydrogens (tertiary/aromatic N) is 4. The fraction of sp³-hybridized carbons (Fsp3) is 0.500. The Bertz CT molecular complexity index is 502. The van der Waals surface area contributed by atoms with Crippen LogP contribution in [0.2, 0.25) is 0 Å². The fourth-order valence-electron chi connectivity index (χ4n) is 2.41. The summed E-state index contributed by atoms with van der Waals surface area (Å²) in [6, 6.07) is 2.51. The second kappa shape index (κ2) is 6.93. The van der Waals surface area contributed by atoms with Crippen LogP contribution < -0.4 is 5.32 Å². The van der Waals surface area contributed by atoms with E-state index in [1.807, 2.05) is 30.2 Å². The summed E-state index contributed by atoms with van der Waals surface area (Å²) in [5, 5.41) is 7.85. The molecule has 2 aromatic heterocycles.